The molecule has 5 heteroatoms. The maximum Gasteiger partial charge on any atom is 0.246 e. The Kier molecular flexibility index (Phi) is 6.01. The average Bonchev–Trinajstić information content (AvgIpc) is 2.73. The minimum Gasteiger partial charge on any atom is -0.338 e. The molecule has 0 spiro atoms. The smallest absolute Gasteiger partial charge is 0.246 e. The van der Waals surface area contributed by atoms with Crippen molar-refractivity contribution in [3.05, 3.63) is 71.8 Å². The number of nitrogens with one attached hydrogen (secondary N) is 1. The number of anilines is 1. The normalized spacial score (nSPS) is 16.7. The van der Waals surface area contributed by atoms with E-state index in [-0.39, 0.29) is 17.7 Å². The average molecular weight is 359 g/mol. The SMILES string of the molecule is N#Cc1ccccc1C=CC(=O)N1CCCC(C(=O)Nc2ccccc2)C1. The molecule has 0 radical (unpaired) electrons. The van der Waals surface area contributed by atoms with E-state index in [1.165, 1.54) is 6.08 Å². The van der Waals surface area contributed by atoms with E-state index in [0.717, 1.165) is 18.5 Å². The Bertz CT molecular complexity index is 884. The summed E-state index contributed by atoms with van der Waals surface area (Å²) in [6.07, 6.45) is 4.70. The first kappa shape index (κ1) is 18.4. The van der Waals surface area contributed by atoms with Gasteiger partial charge >= 0.3 is 0 Å². The predicted molar refractivity (Wildman–Crippen MR) is 105 cm³/mol. The second-order valence-electron chi connectivity index (χ2n) is 6.51. The monoisotopic (exact) mass is 359 g/mol. The molecule has 5 nitrogen and oxygen atoms in total. The van der Waals surface area contributed by atoms with Gasteiger partial charge in [-0.2, -0.15) is 5.26 Å². The van der Waals surface area contributed by atoms with Crippen molar-refractivity contribution >= 4 is 23.6 Å². The zero-order valence-electron chi connectivity index (χ0n) is 15.0. The fourth-order valence-corrected chi connectivity index (χ4v) is 3.17. The lowest BCUT2D eigenvalue weighted by atomic mass is 9.97. The highest BCUT2D eigenvalue weighted by molar-refractivity contribution is 5.95. The van der Waals surface area contributed by atoms with Gasteiger partial charge in [-0.05, 0) is 42.7 Å². The van der Waals surface area contributed by atoms with E-state index < -0.39 is 0 Å². The molecular weight excluding hydrogens is 338 g/mol. The summed E-state index contributed by atoms with van der Waals surface area (Å²) in [5.74, 6) is -0.417. The minimum absolute atomic E-state index is 0.0579. The standard InChI is InChI=1S/C22H21N3O2/c23-15-18-8-5-4-7-17(18)12-13-21(26)25-14-6-9-19(16-25)22(27)24-20-10-2-1-3-11-20/h1-5,7-8,10-13,19H,6,9,14,16H2,(H,24,27). The van der Waals surface area contributed by atoms with Gasteiger partial charge in [0.25, 0.3) is 0 Å². The van der Waals surface area contributed by atoms with Crippen LogP contribution in [-0.2, 0) is 9.59 Å². The molecule has 2 aromatic carbocycles. The lowest BCUT2D eigenvalue weighted by Crippen LogP contribution is -2.43. The Morgan fingerprint density at radius 3 is 2.63 bits per heavy atom. The van der Waals surface area contributed by atoms with Crippen molar-refractivity contribution in [2.45, 2.75) is 12.8 Å². The van der Waals surface area contributed by atoms with Gasteiger partial charge in [-0.25, -0.2) is 0 Å². The number of rotatable bonds is 4. The zero-order valence-corrected chi connectivity index (χ0v) is 15.0. The first-order valence-electron chi connectivity index (χ1n) is 8.99. The van der Waals surface area contributed by atoms with Crippen LogP contribution in [0.1, 0.15) is 24.0 Å². The van der Waals surface area contributed by atoms with Gasteiger partial charge in [-0.15, -0.1) is 0 Å². The topological polar surface area (TPSA) is 73.2 Å². The van der Waals surface area contributed by atoms with Crippen molar-refractivity contribution in [1.82, 2.24) is 4.90 Å². The van der Waals surface area contributed by atoms with E-state index in [1.54, 1.807) is 29.2 Å². The third-order valence-electron chi connectivity index (χ3n) is 4.63. The summed E-state index contributed by atoms with van der Waals surface area (Å²) in [7, 11) is 0. The molecule has 0 aromatic heterocycles. The van der Waals surface area contributed by atoms with E-state index in [2.05, 4.69) is 11.4 Å². The Morgan fingerprint density at radius 1 is 1.11 bits per heavy atom. The van der Waals surface area contributed by atoms with Gasteiger partial charge in [0.2, 0.25) is 11.8 Å². The Morgan fingerprint density at radius 2 is 1.85 bits per heavy atom. The molecule has 3 rings (SSSR count). The molecule has 1 unspecified atom stereocenters. The number of likely N-dealkylation sites (tertiary alicyclic amines) is 1. The molecular formula is C22H21N3O2. The number of hydrogen-bond donors (Lipinski definition) is 1. The van der Waals surface area contributed by atoms with Crippen molar-refractivity contribution in [1.29, 1.82) is 5.26 Å². The van der Waals surface area contributed by atoms with Gasteiger partial charge in [0.1, 0.15) is 0 Å². The van der Waals surface area contributed by atoms with Crippen LogP contribution < -0.4 is 5.32 Å². The Hall–Kier alpha value is -3.39. The number of amides is 2. The fraction of sp³-hybridized carbons (Fsp3) is 0.227. The van der Waals surface area contributed by atoms with Gasteiger partial charge in [0, 0.05) is 24.9 Å². The van der Waals surface area contributed by atoms with Crippen LogP contribution in [0.25, 0.3) is 6.08 Å². The highest BCUT2D eigenvalue weighted by atomic mass is 16.2. The number of nitrogens with zero attached hydrogens (tertiary/aromatic N) is 2. The highest BCUT2D eigenvalue weighted by Gasteiger charge is 2.27. The van der Waals surface area contributed by atoms with Crippen LogP contribution in [0, 0.1) is 17.2 Å². The van der Waals surface area contributed by atoms with Gasteiger partial charge in [0.05, 0.1) is 17.6 Å². The lowest BCUT2D eigenvalue weighted by Gasteiger charge is -2.31. The largest absolute Gasteiger partial charge is 0.338 e. The minimum atomic E-state index is -0.220. The number of para-hydroxylation sites is 1. The molecule has 0 aliphatic carbocycles. The van der Waals surface area contributed by atoms with Crippen molar-refractivity contribution < 1.29 is 9.59 Å². The number of benzene rings is 2. The van der Waals surface area contributed by atoms with E-state index in [1.807, 2.05) is 36.4 Å². The summed E-state index contributed by atoms with van der Waals surface area (Å²) in [6, 6.07) is 18.6. The van der Waals surface area contributed by atoms with Crippen LogP contribution in [0.4, 0.5) is 5.69 Å². The molecule has 1 atom stereocenters. The summed E-state index contributed by atoms with van der Waals surface area (Å²) in [4.78, 5) is 26.7. The number of hydrogen-bond acceptors (Lipinski definition) is 3. The second kappa shape index (κ2) is 8.81. The van der Waals surface area contributed by atoms with E-state index in [9.17, 15) is 9.59 Å². The number of nitriles is 1. The first-order chi connectivity index (χ1) is 13.2. The molecule has 1 aliphatic heterocycles. The van der Waals surface area contributed by atoms with E-state index >= 15 is 0 Å². The number of carbonyl (C=O) groups excluding carboxylic acids is 2. The molecule has 2 aromatic rings. The molecule has 1 fully saturated rings. The molecule has 0 saturated carbocycles. The predicted octanol–water partition coefficient (Wildman–Crippen LogP) is 3.45. The van der Waals surface area contributed by atoms with Gasteiger partial charge in [-0.1, -0.05) is 36.4 Å². The molecule has 0 bridgehead atoms. The van der Waals surface area contributed by atoms with Gasteiger partial charge in [0.15, 0.2) is 0 Å². The number of carbonyl (C=O) groups is 2. The van der Waals surface area contributed by atoms with Crippen molar-refractivity contribution in [2.75, 3.05) is 18.4 Å². The third-order valence-corrected chi connectivity index (χ3v) is 4.63. The first-order valence-corrected chi connectivity index (χ1v) is 8.99. The van der Waals surface area contributed by atoms with E-state index in [0.29, 0.717) is 24.2 Å². The zero-order chi connectivity index (χ0) is 19.1. The van der Waals surface area contributed by atoms with Crippen LogP contribution in [-0.4, -0.2) is 29.8 Å². The maximum atomic E-state index is 12.5. The fourth-order valence-electron chi connectivity index (χ4n) is 3.17. The van der Waals surface area contributed by atoms with Crippen molar-refractivity contribution in [3.63, 3.8) is 0 Å². The third kappa shape index (κ3) is 4.83. The van der Waals surface area contributed by atoms with Gasteiger partial charge in [-0.3, -0.25) is 9.59 Å². The Labute approximate surface area is 158 Å². The van der Waals surface area contributed by atoms with Crippen LogP contribution in [0.15, 0.2) is 60.7 Å². The molecule has 27 heavy (non-hydrogen) atoms. The summed E-state index contributed by atoms with van der Waals surface area (Å²) in [5.41, 5.74) is 2.00. The second-order valence-corrected chi connectivity index (χ2v) is 6.51. The summed E-state index contributed by atoms with van der Waals surface area (Å²) in [6.45, 7) is 1.04. The van der Waals surface area contributed by atoms with Gasteiger partial charge < -0.3 is 10.2 Å². The summed E-state index contributed by atoms with van der Waals surface area (Å²) in [5, 5.41) is 12.0. The van der Waals surface area contributed by atoms with Crippen LogP contribution in [0.2, 0.25) is 0 Å². The summed E-state index contributed by atoms with van der Waals surface area (Å²) < 4.78 is 0. The van der Waals surface area contributed by atoms with Crippen LogP contribution in [0.3, 0.4) is 0 Å². The maximum absolute atomic E-state index is 12.5. The molecule has 1 N–H and O–H groups in total. The Balaban J connectivity index is 1.62. The molecule has 1 saturated heterocycles. The van der Waals surface area contributed by atoms with Crippen molar-refractivity contribution in [2.24, 2.45) is 5.92 Å². The van der Waals surface area contributed by atoms with Crippen LogP contribution in [0.5, 0.6) is 0 Å². The molecule has 1 heterocycles. The molecule has 136 valence electrons. The highest BCUT2D eigenvalue weighted by Crippen LogP contribution is 2.19. The lowest BCUT2D eigenvalue weighted by molar-refractivity contribution is -0.130. The van der Waals surface area contributed by atoms with E-state index in [4.69, 9.17) is 5.26 Å². The quantitative estimate of drug-likeness (QED) is 0.850. The number of piperidine rings is 1. The molecule has 2 amide bonds. The van der Waals surface area contributed by atoms with Crippen molar-refractivity contribution in [3.8, 4) is 6.07 Å². The molecule has 1 aliphatic rings. The van der Waals surface area contributed by atoms with Crippen LogP contribution >= 0.6 is 0 Å². The summed E-state index contributed by atoms with van der Waals surface area (Å²) >= 11 is 0.